The number of nitrogens with one attached hydrogen (secondary N) is 1. The highest BCUT2D eigenvalue weighted by atomic mass is 15.2. The molecule has 0 saturated carbocycles. The number of hydrogen-bond donors (Lipinski definition) is 2. The number of benzene rings is 1. The average molecular weight is 253 g/mol. The van der Waals surface area contributed by atoms with E-state index < -0.39 is 0 Å². The van der Waals surface area contributed by atoms with Crippen LogP contribution in [0.4, 0.5) is 11.8 Å². The van der Waals surface area contributed by atoms with Gasteiger partial charge in [-0.1, -0.05) is 18.2 Å². The molecule has 0 fully saturated rings. The summed E-state index contributed by atoms with van der Waals surface area (Å²) >= 11 is 0. The molecule has 3 rings (SSSR count). The molecule has 3 aromatic rings. The summed E-state index contributed by atoms with van der Waals surface area (Å²) in [6, 6.07) is 13.7. The first-order chi connectivity index (χ1) is 9.38. The fraction of sp³-hybridized carbons (Fsp3) is 0.143. The Hall–Kier alpha value is -2.40. The molecule has 5 nitrogen and oxygen atoms in total. The lowest BCUT2D eigenvalue weighted by Crippen LogP contribution is -2.12. The molecule has 0 aliphatic rings. The summed E-state index contributed by atoms with van der Waals surface area (Å²) in [7, 11) is 0. The van der Waals surface area contributed by atoms with Crippen LogP contribution in [0.25, 0.3) is 11.0 Å². The lowest BCUT2D eigenvalue weighted by molar-refractivity contribution is 0.736. The van der Waals surface area contributed by atoms with Crippen LogP contribution >= 0.6 is 0 Å². The third kappa shape index (κ3) is 2.28. The number of imidazole rings is 1. The maximum Gasteiger partial charge on any atom is 0.209 e. The van der Waals surface area contributed by atoms with E-state index in [0.717, 1.165) is 29.3 Å². The van der Waals surface area contributed by atoms with Gasteiger partial charge in [0.15, 0.2) is 0 Å². The summed E-state index contributed by atoms with van der Waals surface area (Å²) in [5.41, 5.74) is 7.71. The van der Waals surface area contributed by atoms with Crippen molar-refractivity contribution in [2.45, 2.75) is 6.54 Å². The maximum atomic E-state index is 5.68. The molecule has 0 aliphatic heterocycles. The Labute approximate surface area is 111 Å². The largest absolute Gasteiger partial charge is 0.329 e. The first-order valence-electron chi connectivity index (χ1n) is 6.22. The van der Waals surface area contributed by atoms with Crippen molar-refractivity contribution in [3.63, 3.8) is 0 Å². The summed E-state index contributed by atoms with van der Waals surface area (Å²) in [4.78, 5) is 8.83. The Morgan fingerprint density at radius 2 is 1.95 bits per heavy atom. The van der Waals surface area contributed by atoms with E-state index in [0.29, 0.717) is 6.54 Å². The molecule has 0 amide bonds. The van der Waals surface area contributed by atoms with E-state index in [9.17, 15) is 0 Å². The van der Waals surface area contributed by atoms with Crippen molar-refractivity contribution in [2.24, 2.45) is 5.73 Å². The molecule has 2 heterocycles. The molecule has 0 aliphatic carbocycles. The van der Waals surface area contributed by atoms with Gasteiger partial charge in [-0.3, -0.25) is 0 Å². The smallest absolute Gasteiger partial charge is 0.209 e. The van der Waals surface area contributed by atoms with Crippen molar-refractivity contribution in [3.8, 4) is 0 Å². The quantitative estimate of drug-likeness (QED) is 0.747. The molecule has 3 N–H and O–H groups in total. The molecular formula is C14H15N5. The molecule has 5 heteroatoms. The Morgan fingerprint density at radius 3 is 2.74 bits per heavy atom. The first kappa shape index (κ1) is 11.7. The summed E-state index contributed by atoms with van der Waals surface area (Å²) in [6.45, 7) is 1.28. The van der Waals surface area contributed by atoms with Gasteiger partial charge >= 0.3 is 0 Å². The van der Waals surface area contributed by atoms with Gasteiger partial charge in [0.1, 0.15) is 5.82 Å². The van der Waals surface area contributed by atoms with Crippen LogP contribution in [0.15, 0.2) is 48.7 Å². The van der Waals surface area contributed by atoms with Crippen molar-refractivity contribution < 1.29 is 0 Å². The van der Waals surface area contributed by atoms with Crippen LogP contribution in [0.2, 0.25) is 0 Å². The minimum atomic E-state index is 0.567. The highest BCUT2D eigenvalue weighted by Crippen LogP contribution is 2.21. The minimum Gasteiger partial charge on any atom is -0.329 e. The van der Waals surface area contributed by atoms with Crippen LogP contribution in [-0.4, -0.2) is 21.1 Å². The van der Waals surface area contributed by atoms with Crippen molar-refractivity contribution in [3.05, 3.63) is 48.7 Å². The van der Waals surface area contributed by atoms with Crippen molar-refractivity contribution in [1.82, 2.24) is 14.5 Å². The van der Waals surface area contributed by atoms with Crippen LogP contribution in [0.5, 0.6) is 0 Å². The second kappa shape index (κ2) is 5.07. The molecule has 0 radical (unpaired) electrons. The number of para-hydroxylation sites is 2. The second-order valence-electron chi connectivity index (χ2n) is 4.20. The van der Waals surface area contributed by atoms with Crippen molar-refractivity contribution >= 4 is 22.8 Å². The van der Waals surface area contributed by atoms with E-state index in [1.165, 1.54) is 0 Å². The normalized spacial score (nSPS) is 10.8. The van der Waals surface area contributed by atoms with Gasteiger partial charge in [-0.05, 0) is 24.3 Å². The number of nitrogens with zero attached hydrogens (tertiary/aromatic N) is 3. The fourth-order valence-electron chi connectivity index (χ4n) is 2.08. The van der Waals surface area contributed by atoms with Crippen molar-refractivity contribution in [2.75, 3.05) is 11.9 Å². The number of rotatable bonds is 4. The van der Waals surface area contributed by atoms with E-state index in [1.807, 2.05) is 42.5 Å². The predicted octanol–water partition coefficient (Wildman–Crippen LogP) is 2.13. The highest BCUT2D eigenvalue weighted by Gasteiger charge is 2.09. The summed E-state index contributed by atoms with van der Waals surface area (Å²) < 4.78 is 2.07. The van der Waals surface area contributed by atoms with Gasteiger partial charge in [-0.15, -0.1) is 0 Å². The number of aromatic nitrogens is 3. The monoisotopic (exact) mass is 253 g/mol. The van der Waals surface area contributed by atoms with E-state index in [-0.39, 0.29) is 0 Å². The molecule has 1 aromatic carbocycles. The van der Waals surface area contributed by atoms with Gasteiger partial charge in [-0.2, -0.15) is 0 Å². The van der Waals surface area contributed by atoms with Gasteiger partial charge in [0, 0.05) is 19.3 Å². The standard InChI is InChI=1S/C14H15N5/c15-8-10-19-12-6-2-1-5-11(12)17-14(19)18-13-7-3-4-9-16-13/h1-7,9H,8,10,15H2,(H,16,17,18). The number of anilines is 2. The van der Waals surface area contributed by atoms with E-state index in [4.69, 9.17) is 5.73 Å². The fourth-order valence-corrected chi connectivity index (χ4v) is 2.08. The molecule has 0 unspecified atom stereocenters. The molecule has 0 spiro atoms. The first-order valence-corrected chi connectivity index (χ1v) is 6.22. The summed E-state index contributed by atoms with van der Waals surface area (Å²) in [5.74, 6) is 1.54. The zero-order valence-electron chi connectivity index (χ0n) is 10.5. The number of fused-ring (bicyclic) bond motifs is 1. The zero-order chi connectivity index (χ0) is 13.1. The third-order valence-corrected chi connectivity index (χ3v) is 2.91. The molecule has 19 heavy (non-hydrogen) atoms. The van der Waals surface area contributed by atoms with Crippen LogP contribution in [0, 0.1) is 0 Å². The Morgan fingerprint density at radius 1 is 1.11 bits per heavy atom. The maximum absolute atomic E-state index is 5.68. The molecular weight excluding hydrogens is 238 g/mol. The van der Waals surface area contributed by atoms with E-state index >= 15 is 0 Å². The highest BCUT2D eigenvalue weighted by molar-refractivity contribution is 5.79. The Kier molecular flexibility index (Phi) is 3.12. The van der Waals surface area contributed by atoms with Gasteiger partial charge in [0.25, 0.3) is 0 Å². The molecule has 2 aromatic heterocycles. The van der Waals surface area contributed by atoms with Gasteiger partial charge in [-0.25, -0.2) is 9.97 Å². The molecule has 96 valence electrons. The van der Waals surface area contributed by atoms with E-state index in [2.05, 4.69) is 19.9 Å². The molecule has 0 atom stereocenters. The molecule has 0 saturated heterocycles. The summed E-state index contributed by atoms with van der Waals surface area (Å²) in [5, 5.41) is 3.23. The van der Waals surface area contributed by atoms with Gasteiger partial charge in [0.2, 0.25) is 5.95 Å². The third-order valence-electron chi connectivity index (χ3n) is 2.91. The van der Waals surface area contributed by atoms with Crippen LogP contribution in [0.3, 0.4) is 0 Å². The van der Waals surface area contributed by atoms with Crippen molar-refractivity contribution in [1.29, 1.82) is 0 Å². The topological polar surface area (TPSA) is 68.8 Å². The average Bonchev–Trinajstić information content (AvgIpc) is 2.79. The lowest BCUT2D eigenvalue weighted by atomic mass is 10.3. The van der Waals surface area contributed by atoms with Crippen LogP contribution in [0.1, 0.15) is 0 Å². The van der Waals surface area contributed by atoms with Crippen LogP contribution in [-0.2, 0) is 6.54 Å². The summed E-state index contributed by atoms with van der Waals surface area (Å²) in [6.07, 6.45) is 1.75. The minimum absolute atomic E-state index is 0.567. The van der Waals surface area contributed by atoms with Gasteiger partial charge < -0.3 is 15.6 Å². The van der Waals surface area contributed by atoms with Crippen LogP contribution < -0.4 is 11.1 Å². The van der Waals surface area contributed by atoms with Gasteiger partial charge in [0.05, 0.1) is 11.0 Å². The number of nitrogens with two attached hydrogens (primary N) is 1. The SMILES string of the molecule is NCCn1c(Nc2ccccn2)nc2ccccc21. The number of hydrogen-bond acceptors (Lipinski definition) is 4. The zero-order valence-corrected chi connectivity index (χ0v) is 10.5. The molecule has 0 bridgehead atoms. The lowest BCUT2D eigenvalue weighted by Gasteiger charge is -2.08. The Bertz CT molecular complexity index is 675. The Balaban J connectivity index is 2.04. The van der Waals surface area contributed by atoms with E-state index in [1.54, 1.807) is 6.20 Å². The second-order valence-corrected chi connectivity index (χ2v) is 4.20. The predicted molar refractivity (Wildman–Crippen MR) is 76.3 cm³/mol. The number of pyridine rings is 1.